The third-order valence-electron chi connectivity index (χ3n) is 3.12. The van der Waals surface area contributed by atoms with E-state index in [1.165, 1.54) is 5.56 Å². The van der Waals surface area contributed by atoms with Gasteiger partial charge in [0.15, 0.2) is 0 Å². The van der Waals surface area contributed by atoms with Crippen molar-refractivity contribution in [3.63, 3.8) is 0 Å². The largest absolute Gasteiger partial charge is 0.497 e. The van der Waals surface area contributed by atoms with Crippen LogP contribution in [-0.4, -0.2) is 13.7 Å². The molecule has 0 spiro atoms. The van der Waals surface area contributed by atoms with Crippen molar-refractivity contribution >= 4 is 0 Å². The maximum atomic E-state index is 8.89. The summed E-state index contributed by atoms with van der Waals surface area (Å²) in [5, 5.41) is 8.89. The van der Waals surface area contributed by atoms with Gasteiger partial charge in [-0.3, -0.25) is 0 Å². The van der Waals surface area contributed by atoms with Crippen molar-refractivity contribution in [1.82, 2.24) is 0 Å². The average molecular weight is 267 g/mol. The monoisotopic (exact) mass is 267 g/mol. The fourth-order valence-electron chi connectivity index (χ4n) is 1.90. The van der Waals surface area contributed by atoms with Crippen LogP contribution in [0.3, 0.4) is 0 Å². The molecule has 0 saturated carbocycles. The first-order chi connectivity index (χ1) is 9.72. The second-order valence-corrected chi connectivity index (χ2v) is 4.54. The van der Waals surface area contributed by atoms with Crippen molar-refractivity contribution < 1.29 is 9.47 Å². The third-order valence-corrected chi connectivity index (χ3v) is 3.12. The minimum Gasteiger partial charge on any atom is -0.497 e. The molecule has 2 aromatic carbocycles. The van der Waals surface area contributed by atoms with Crippen LogP contribution in [0.2, 0.25) is 0 Å². The van der Waals surface area contributed by atoms with Crippen LogP contribution >= 0.6 is 0 Å². The molecule has 0 N–H and O–H groups in total. The molecule has 3 heteroatoms. The highest BCUT2D eigenvalue weighted by molar-refractivity contribution is 5.41. The molecule has 0 aliphatic heterocycles. The van der Waals surface area contributed by atoms with Crippen LogP contribution in [0.4, 0.5) is 0 Å². The quantitative estimate of drug-likeness (QED) is 0.832. The van der Waals surface area contributed by atoms with E-state index in [-0.39, 0.29) is 0 Å². The van der Waals surface area contributed by atoms with Gasteiger partial charge in [0.05, 0.1) is 25.3 Å². The lowest BCUT2D eigenvalue weighted by molar-refractivity contribution is 0.319. The maximum Gasteiger partial charge on any atom is 0.123 e. The van der Waals surface area contributed by atoms with Crippen molar-refractivity contribution in [1.29, 1.82) is 5.26 Å². The molecule has 0 atom stereocenters. The lowest BCUT2D eigenvalue weighted by atomic mass is 10.1. The maximum absolute atomic E-state index is 8.89. The number of methoxy groups -OCH3 is 1. The Morgan fingerprint density at radius 2 is 1.85 bits per heavy atom. The smallest absolute Gasteiger partial charge is 0.123 e. The zero-order valence-electron chi connectivity index (χ0n) is 11.7. The van der Waals surface area contributed by atoms with Crippen LogP contribution in [0.5, 0.6) is 11.5 Å². The van der Waals surface area contributed by atoms with Crippen molar-refractivity contribution in [3.05, 3.63) is 59.2 Å². The number of aryl methyl sites for hydroxylation is 1. The summed E-state index contributed by atoms with van der Waals surface area (Å²) in [5.41, 5.74) is 2.86. The summed E-state index contributed by atoms with van der Waals surface area (Å²) in [4.78, 5) is 0. The van der Waals surface area contributed by atoms with Gasteiger partial charge in [-0.2, -0.15) is 5.26 Å². The predicted octanol–water partition coefficient (Wildman–Crippen LogP) is 3.50. The summed E-state index contributed by atoms with van der Waals surface area (Å²) >= 11 is 0. The van der Waals surface area contributed by atoms with Gasteiger partial charge in [-0.25, -0.2) is 0 Å². The van der Waals surface area contributed by atoms with E-state index < -0.39 is 0 Å². The number of hydrogen-bond acceptors (Lipinski definition) is 3. The van der Waals surface area contributed by atoms with E-state index in [1.807, 2.05) is 37.3 Å². The molecule has 0 amide bonds. The molecule has 0 aliphatic rings. The first-order valence-electron chi connectivity index (χ1n) is 6.49. The molecule has 0 aliphatic carbocycles. The summed E-state index contributed by atoms with van der Waals surface area (Å²) in [6, 6.07) is 15.5. The molecule has 0 saturated heterocycles. The predicted molar refractivity (Wildman–Crippen MR) is 78.1 cm³/mol. The van der Waals surface area contributed by atoms with E-state index in [0.717, 1.165) is 23.5 Å². The van der Waals surface area contributed by atoms with Crippen LogP contribution in [0.15, 0.2) is 42.5 Å². The van der Waals surface area contributed by atoms with Gasteiger partial charge < -0.3 is 9.47 Å². The lowest BCUT2D eigenvalue weighted by Crippen LogP contribution is -2.02. The second-order valence-electron chi connectivity index (χ2n) is 4.54. The Hall–Kier alpha value is -2.47. The van der Waals surface area contributed by atoms with E-state index in [1.54, 1.807) is 19.2 Å². The molecule has 0 fully saturated rings. The number of rotatable bonds is 5. The Morgan fingerprint density at radius 3 is 2.50 bits per heavy atom. The summed E-state index contributed by atoms with van der Waals surface area (Å²) in [6.07, 6.45) is 0.820. The Labute approximate surface area is 119 Å². The number of benzene rings is 2. The van der Waals surface area contributed by atoms with Gasteiger partial charge in [0.25, 0.3) is 0 Å². The van der Waals surface area contributed by atoms with Crippen LogP contribution in [0.25, 0.3) is 0 Å². The molecule has 0 radical (unpaired) electrons. The van der Waals surface area contributed by atoms with Gasteiger partial charge in [-0.05, 0) is 42.3 Å². The number of hydrogen-bond donors (Lipinski definition) is 0. The Morgan fingerprint density at radius 1 is 1.10 bits per heavy atom. The normalized spacial score (nSPS) is 9.85. The van der Waals surface area contributed by atoms with Crippen LogP contribution in [0, 0.1) is 18.3 Å². The average Bonchev–Trinajstić information content (AvgIpc) is 2.50. The highest BCUT2D eigenvalue weighted by Gasteiger charge is 2.02. The first-order valence-corrected chi connectivity index (χ1v) is 6.49. The topological polar surface area (TPSA) is 42.2 Å². The number of ether oxygens (including phenoxy) is 2. The zero-order valence-corrected chi connectivity index (χ0v) is 11.7. The van der Waals surface area contributed by atoms with Crippen LogP contribution < -0.4 is 9.47 Å². The first kappa shape index (κ1) is 14.0. The molecule has 0 unspecified atom stereocenters. The van der Waals surface area contributed by atoms with Gasteiger partial charge in [-0.1, -0.05) is 18.2 Å². The minimum atomic E-state index is 0.585. The van der Waals surface area contributed by atoms with Gasteiger partial charge in [0.1, 0.15) is 11.5 Å². The highest BCUT2D eigenvalue weighted by atomic mass is 16.5. The van der Waals surface area contributed by atoms with E-state index in [2.05, 4.69) is 6.07 Å². The van der Waals surface area contributed by atoms with Crippen molar-refractivity contribution in [2.75, 3.05) is 13.7 Å². The number of nitrogens with zero attached hydrogens (tertiary/aromatic N) is 1. The van der Waals surface area contributed by atoms with Crippen molar-refractivity contribution in [2.45, 2.75) is 13.3 Å². The van der Waals surface area contributed by atoms with E-state index >= 15 is 0 Å². The molecule has 0 aromatic heterocycles. The molecular weight excluding hydrogens is 250 g/mol. The fraction of sp³-hybridized carbons (Fsp3) is 0.235. The Balaban J connectivity index is 1.94. The van der Waals surface area contributed by atoms with Crippen molar-refractivity contribution in [2.24, 2.45) is 0 Å². The van der Waals surface area contributed by atoms with Gasteiger partial charge in [0.2, 0.25) is 0 Å². The summed E-state index contributed by atoms with van der Waals surface area (Å²) in [6.45, 7) is 2.56. The Bertz CT molecular complexity index is 612. The van der Waals surface area contributed by atoms with Crippen molar-refractivity contribution in [3.8, 4) is 17.6 Å². The molecule has 0 bridgehead atoms. The summed E-state index contributed by atoms with van der Waals surface area (Å²) < 4.78 is 10.9. The molecule has 0 heterocycles. The van der Waals surface area contributed by atoms with Crippen LogP contribution in [0.1, 0.15) is 16.7 Å². The Kier molecular flexibility index (Phi) is 4.62. The highest BCUT2D eigenvalue weighted by Crippen LogP contribution is 2.19. The van der Waals surface area contributed by atoms with E-state index in [0.29, 0.717) is 12.2 Å². The molecule has 102 valence electrons. The summed E-state index contributed by atoms with van der Waals surface area (Å²) in [5.74, 6) is 1.63. The standard InChI is InChI=1S/C17H17NO2/c1-13-3-4-15(12-18)11-17(13)20-10-9-14-5-7-16(19-2)8-6-14/h3-8,11H,9-10H2,1-2H3. The second kappa shape index (κ2) is 6.63. The lowest BCUT2D eigenvalue weighted by Gasteiger charge is -2.09. The van der Waals surface area contributed by atoms with Crippen LogP contribution in [-0.2, 0) is 6.42 Å². The SMILES string of the molecule is COc1ccc(CCOc2cc(C#N)ccc2C)cc1. The molecular formula is C17H17NO2. The zero-order chi connectivity index (χ0) is 14.4. The van der Waals surface area contributed by atoms with Gasteiger partial charge >= 0.3 is 0 Å². The third kappa shape index (κ3) is 3.52. The van der Waals surface area contributed by atoms with E-state index in [4.69, 9.17) is 14.7 Å². The van der Waals surface area contributed by atoms with E-state index in [9.17, 15) is 0 Å². The molecule has 3 nitrogen and oxygen atoms in total. The molecule has 2 aromatic rings. The fourth-order valence-corrected chi connectivity index (χ4v) is 1.90. The molecule has 20 heavy (non-hydrogen) atoms. The number of nitriles is 1. The minimum absolute atomic E-state index is 0.585. The molecule has 2 rings (SSSR count). The summed E-state index contributed by atoms with van der Waals surface area (Å²) in [7, 11) is 1.66. The van der Waals surface area contributed by atoms with Gasteiger partial charge in [-0.15, -0.1) is 0 Å². The van der Waals surface area contributed by atoms with Gasteiger partial charge in [0, 0.05) is 6.42 Å².